The van der Waals surface area contributed by atoms with Gasteiger partial charge in [-0.25, -0.2) is 4.98 Å². The SMILES string of the molecule is CCCCCCCC(C)(CCCCC)n1cnc(Br)c1C. The average molecular weight is 357 g/mol. The van der Waals surface area contributed by atoms with Crippen LogP contribution >= 0.6 is 15.9 Å². The molecule has 0 spiro atoms. The molecular weight excluding hydrogens is 324 g/mol. The number of halogens is 1. The van der Waals surface area contributed by atoms with Gasteiger partial charge in [-0.3, -0.25) is 0 Å². The Kier molecular flexibility index (Phi) is 8.62. The number of aromatic nitrogens is 2. The van der Waals surface area contributed by atoms with E-state index >= 15 is 0 Å². The average Bonchev–Trinajstić information content (AvgIpc) is 2.80. The molecule has 1 aromatic heterocycles. The predicted molar refractivity (Wildman–Crippen MR) is 95.8 cm³/mol. The van der Waals surface area contributed by atoms with Gasteiger partial charge in [0.25, 0.3) is 0 Å². The van der Waals surface area contributed by atoms with E-state index in [1.165, 1.54) is 69.9 Å². The summed E-state index contributed by atoms with van der Waals surface area (Å²) in [6, 6.07) is 0. The summed E-state index contributed by atoms with van der Waals surface area (Å²) in [5.74, 6) is 0. The zero-order valence-corrected chi connectivity index (χ0v) is 16.0. The standard InChI is InChI=1S/C18H33BrN2/c1-5-7-9-10-12-14-18(4,13-11-8-6-2)21-15-20-17(19)16(21)3/h15H,5-14H2,1-4H3. The first-order chi connectivity index (χ1) is 10.0. The quantitative estimate of drug-likeness (QED) is 0.407. The van der Waals surface area contributed by atoms with Crippen molar-refractivity contribution in [2.24, 2.45) is 0 Å². The van der Waals surface area contributed by atoms with E-state index < -0.39 is 0 Å². The minimum absolute atomic E-state index is 0.227. The molecule has 0 fully saturated rings. The molecule has 0 amide bonds. The van der Waals surface area contributed by atoms with Crippen LogP contribution in [0.5, 0.6) is 0 Å². The molecule has 0 aliphatic rings. The second-order valence-corrected chi connectivity index (χ2v) is 7.36. The third-order valence-corrected chi connectivity index (χ3v) is 5.44. The van der Waals surface area contributed by atoms with Gasteiger partial charge < -0.3 is 4.57 Å². The molecule has 122 valence electrons. The topological polar surface area (TPSA) is 17.8 Å². The molecule has 0 aliphatic carbocycles. The highest BCUT2D eigenvalue weighted by molar-refractivity contribution is 9.10. The Labute approximate surface area is 139 Å². The largest absolute Gasteiger partial charge is 0.328 e. The summed E-state index contributed by atoms with van der Waals surface area (Å²) < 4.78 is 3.40. The predicted octanol–water partition coefficient (Wildman–Crippen LogP) is 6.61. The molecule has 0 N–H and O–H groups in total. The summed E-state index contributed by atoms with van der Waals surface area (Å²) in [4.78, 5) is 4.45. The molecule has 0 bridgehead atoms. The van der Waals surface area contributed by atoms with E-state index in [4.69, 9.17) is 0 Å². The zero-order chi connectivity index (χ0) is 15.7. The maximum Gasteiger partial charge on any atom is 0.127 e. The van der Waals surface area contributed by atoms with Gasteiger partial charge in [0.15, 0.2) is 0 Å². The summed E-state index contributed by atoms with van der Waals surface area (Å²) in [7, 11) is 0. The Bertz CT molecular complexity index is 400. The second kappa shape index (κ2) is 9.66. The number of hydrogen-bond donors (Lipinski definition) is 0. The fraction of sp³-hybridized carbons (Fsp3) is 0.833. The van der Waals surface area contributed by atoms with E-state index in [1.807, 2.05) is 6.33 Å². The zero-order valence-electron chi connectivity index (χ0n) is 14.4. The molecule has 0 radical (unpaired) electrons. The van der Waals surface area contributed by atoms with Crippen molar-refractivity contribution in [2.45, 2.75) is 97.4 Å². The molecule has 0 saturated heterocycles. The Morgan fingerprint density at radius 2 is 1.52 bits per heavy atom. The van der Waals surface area contributed by atoms with Crippen LogP contribution in [0.1, 0.15) is 90.7 Å². The Hall–Kier alpha value is -0.310. The van der Waals surface area contributed by atoms with E-state index in [2.05, 4.69) is 53.2 Å². The molecule has 21 heavy (non-hydrogen) atoms. The van der Waals surface area contributed by atoms with Crippen molar-refractivity contribution < 1.29 is 0 Å². The summed E-state index contributed by atoms with van der Waals surface area (Å²) in [6.07, 6.45) is 15.3. The maximum atomic E-state index is 4.45. The lowest BCUT2D eigenvalue weighted by molar-refractivity contribution is 0.247. The van der Waals surface area contributed by atoms with Crippen LogP contribution in [-0.4, -0.2) is 9.55 Å². The molecule has 0 saturated carbocycles. The van der Waals surface area contributed by atoms with Crippen molar-refractivity contribution in [3.8, 4) is 0 Å². The molecule has 2 nitrogen and oxygen atoms in total. The minimum atomic E-state index is 0.227. The van der Waals surface area contributed by atoms with E-state index in [0.29, 0.717) is 0 Å². The molecule has 1 unspecified atom stereocenters. The van der Waals surface area contributed by atoms with Crippen LogP contribution in [0.2, 0.25) is 0 Å². The van der Waals surface area contributed by atoms with E-state index in [1.54, 1.807) is 0 Å². The van der Waals surface area contributed by atoms with Gasteiger partial charge in [0.1, 0.15) is 4.60 Å². The molecule has 0 aromatic carbocycles. The normalized spacial score (nSPS) is 14.3. The van der Waals surface area contributed by atoms with Gasteiger partial charge >= 0.3 is 0 Å². The first-order valence-electron chi connectivity index (χ1n) is 8.75. The number of imidazole rings is 1. The summed E-state index contributed by atoms with van der Waals surface area (Å²) >= 11 is 3.56. The van der Waals surface area contributed by atoms with E-state index in [0.717, 1.165) is 4.60 Å². The minimum Gasteiger partial charge on any atom is -0.328 e. The lowest BCUT2D eigenvalue weighted by atomic mass is 9.87. The number of hydrogen-bond acceptors (Lipinski definition) is 1. The van der Waals surface area contributed by atoms with Crippen molar-refractivity contribution in [1.29, 1.82) is 0 Å². The molecule has 1 atom stereocenters. The van der Waals surface area contributed by atoms with Crippen LogP contribution in [-0.2, 0) is 5.54 Å². The van der Waals surface area contributed by atoms with Crippen LogP contribution in [0.3, 0.4) is 0 Å². The van der Waals surface area contributed by atoms with Gasteiger partial charge in [0.05, 0.1) is 6.33 Å². The van der Waals surface area contributed by atoms with Crippen LogP contribution < -0.4 is 0 Å². The van der Waals surface area contributed by atoms with Crippen LogP contribution in [0.4, 0.5) is 0 Å². The molecule has 1 aromatic rings. The Morgan fingerprint density at radius 1 is 1.00 bits per heavy atom. The number of rotatable bonds is 11. The summed E-state index contributed by atoms with van der Waals surface area (Å²) in [6.45, 7) is 9.15. The smallest absolute Gasteiger partial charge is 0.127 e. The van der Waals surface area contributed by atoms with Crippen molar-refractivity contribution in [3.05, 3.63) is 16.6 Å². The third kappa shape index (κ3) is 5.77. The highest BCUT2D eigenvalue weighted by Gasteiger charge is 2.27. The van der Waals surface area contributed by atoms with Crippen LogP contribution in [0.25, 0.3) is 0 Å². The highest BCUT2D eigenvalue weighted by atomic mass is 79.9. The molecule has 0 aliphatic heterocycles. The molecule has 3 heteroatoms. The van der Waals surface area contributed by atoms with Gasteiger partial charge in [-0.15, -0.1) is 0 Å². The fourth-order valence-corrected chi connectivity index (χ4v) is 3.45. The highest BCUT2D eigenvalue weighted by Crippen LogP contribution is 2.33. The Morgan fingerprint density at radius 3 is 2.05 bits per heavy atom. The maximum absolute atomic E-state index is 4.45. The number of nitrogens with zero attached hydrogens (tertiary/aromatic N) is 2. The first kappa shape index (κ1) is 18.7. The fourth-order valence-electron chi connectivity index (χ4n) is 3.16. The van der Waals surface area contributed by atoms with Gasteiger partial charge in [0.2, 0.25) is 0 Å². The van der Waals surface area contributed by atoms with E-state index in [-0.39, 0.29) is 5.54 Å². The van der Waals surface area contributed by atoms with Crippen LogP contribution in [0.15, 0.2) is 10.9 Å². The van der Waals surface area contributed by atoms with Crippen molar-refractivity contribution in [1.82, 2.24) is 9.55 Å². The Balaban J connectivity index is 2.67. The van der Waals surface area contributed by atoms with Crippen molar-refractivity contribution in [2.75, 3.05) is 0 Å². The molecular formula is C18H33BrN2. The first-order valence-corrected chi connectivity index (χ1v) is 9.54. The summed E-state index contributed by atoms with van der Waals surface area (Å²) in [5.41, 5.74) is 1.49. The molecule has 1 heterocycles. The van der Waals surface area contributed by atoms with Crippen LogP contribution in [0, 0.1) is 6.92 Å². The lowest BCUT2D eigenvalue weighted by Gasteiger charge is -2.33. The monoisotopic (exact) mass is 356 g/mol. The van der Waals surface area contributed by atoms with Gasteiger partial charge in [-0.1, -0.05) is 65.2 Å². The van der Waals surface area contributed by atoms with Crippen molar-refractivity contribution in [3.63, 3.8) is 0 Å². The van der Waals surface area contributed by atoms with Gasteiger partial charge in [0, 0.05) is 11.2 Å². The van der Waals surface area contributed by atoms with E-state index in [9.17, 15) is 0 Å². The second-order valence-electron chi connectivity index (χ2n) is 6.61. The van der Waals surface area contributed by atoms with Gasteiger partial charge in [-0.05, 0) is 42.6 Å². The third-order valence-electron chi connectivity index (χ3n) is 4.67. The van der Waals surface area contributed by atoms with Crippen molar-refractivity contribution >= 4 is 15.9 Å². The van der Waals surface area contributed by atoms with Gasteiger partial charge in [-0.2, -0.15) is 0 Å². The molecule has 1 rings (SSSR count). The number of unbranched alkanes of at least 4 members (excludes halogenated alkanes) is 6. The lowest BCUT2D eigenvalue weighted by Crippen LogP contribution is -2.30. The summed E-state index contributed by atoms with van der Waals surface area (Å²) in [5, 5.41) is 0.